The van der Waals surface area contributed by atoms with Crippen LogP contribution in [0.25, 0.3) is 0 Å². The molecule has 2 unspecified atom stereocenters. The van der Waals surface area contributed by atoms with Gasteiger partial charge in [0, 0.05) is 24.8 Å². The molecule has 0 radical (unpaired) electrons. The van der Waals surface area contributed by atoms with Crippen LogP contribution in [-0.2, 0) is 0 Å². The number of benzene rings is 1. The average molecular weight is 248 g/mol. The standard InChI is InChI=1S/C16H28N2/c1-7-16(17-5)14-8-10-15(11-9-14)18(6)13(4)12(2)3/h8-13,16-17H,7H2,1-6H3. The van der Waals surface area contributed by atoms with E-state index in [0.29, 0.717) is 18.0 Å². The van der Waals surface area contributed by atoms with Gasteiger partial charge in [-0.2, -0.15) is 0 Å². The summed E-state index contributed by atoms with van der Waals surface area (Å²) in [5.41, 5.74) is 2.67. The van der Waals surface area contributed by atoms with Gasteiger partial charge >= 0.3 is 0 Å². The van der Waals surface area contributed by atoms with Crippen LogP contribution in [0.1, 0.15) is 45.7 Å². The largest absolute Gasteiger partial charge is 0.372 e. The molecular formula is C16H28N2. The second-order valence-corrected chi connectivity index (χ2v) is 5.44. The molecule has 1 rings (SSSR count). The molecule has 0 saturated carbocycles. The van der Waals surface area contributed by atoms with Crippen molar-refractivity contribution in [3.05, 3.63) is 29.8 Å². The summed E-state index contributed by atoms with van der Waals surface area (Å²) >= 11 is 0. The Balaban J connectivity index is 2.82. The van der Waals surface area contributed by atoms with Crippen LogP contribution in [-0.4, -0.2) is 20.1 Å². The van der Waals surface area contributed by atoms with E-state index in [1.54, 1.807) is 0 Å². The van der Waals surface area contributed by atoms with E-state index >= 15 is 0 Å². The molecule has 1 N–H and O–H groups in total. The van der Waals surface area contributed by atoms with Gasteiger partial charge in [0.2, 0.25) is 0 Å². The number of rotatable bonds is 6. The molecule has 0 heterocycles. The SMILES string of the molecule is CCC(NC)c1ccc(N(C)C(C)C(C)C)cc1. The molecular weight excluding hydrogens is 220 g/mol. The zero-order chi connectivity index (χ0) is 13.7. The number of hydrogen-bond acceptors (Lipinski definition) is 2. The van der Waals surface area contributed by atoms with Crippen LogP contribution in [0.3, 0.4) is 0 Å². The quantitative estimate of drug-likeness (QED) is 0.823. The van der Waals surface area contributed by atoms with Crippen LogP contribution >= 0.6 is 0 Å². The monoisotopic (exact) mass is 248 g/mol. The summed E-state index contributed by atoms with van der Waals surface area (Å²) in [7, 11) is 4.20. The second kappa shape index (κ2) is 6.79. The van der Waals surface area contributed by atoms with Crippen molar-refractivity contribution in [1.82, 2.24) is 5.32 Å². The van der Waals surface area contributed by atoms with Crippen LogP contribution in [0.4, 0.5) is 5.69 Å². The Morgan fingerprint density at radius 1 is 1.11 bits per heavy atom. The maximum atomic E-state index is 3.34. The topological polar surface area (TPSA) is 15.3 Å². The molecule has 2 atom stereocenters. The van der Waals surface area contributed by atoms with Gasteiger partial charge in [0.1, 0.15) is 0 Å². The van der Waals surface area contributed by atoms with Crippen molar-refractivity contribution in [1.29, 1.82) is 0 Å². The molecule has 0 bridgehead atoms. The Hall–Kier alpha value is -1.02. The van der Waals surface area contributed by atoms with Crippen LogP contribution in [0.5, 0.6) is 0 Å². The first-order chi connectivity index (χ1) is 8.51. The summed E-state index contributed by atoms with van der Waals surface area (Å²) in [5.74, 6) is 0.662. The van der Waals surface area contributed by atoms with Gasteiger partial charge in [0.15, 0.2) is 0 Å². The van der Waals surface area contributed by atoms with Crippen molar-refractivity contribution in [3.63, 3.8) is 0 Å². The molecule has 0 spiro atoms. The summed E-state index contributed by atoms with van der Waals surface area (Å²) in [6.07, 6.45) is 1.12. The lowest BCUT2D eigenvalue weighted by Crippen LogP contribution is -2.33. The average Bonchev–Trinajstić information content (AvgIpc) is 2.39. The molecule has 102 valence electrons. The summed E-state index contributed by atoms with van der Waals surface area (Å²) in [4.78, 5) is 2.36. The highest BCUT2D eigenvalue weighted by molar-refractivity contribution is 5.48. The Labute approximate surface area is 112 Å². The third kappa shape index (κ3) is 3.49. The highest BCUT2D eigenvalue weighted by Gasteiger charge is 2.14. The Morgan fingerprint density at radius 3 is 2.06 bits per heavy atom. The summed E-state index contributed by atoms with van der Waals surface area (Å²) < 4.78 is 0. The first kappa shape index (κ1) is 15.0. The van der Waals surface area contributed by atoms with Crippen LogP contribution in [0.15, 0.2) is 24.3 Å². The summed E-state index contributed by atoms with van der Waals surface area (Å²) in [6.45, 7) is 9.02. The van der Waals surface area contributed by atoms with Gasteiger partial charge in [-0.05, 0) is 44.0 Å². The molecule has 2 nitrogen and oxygen atoms in total. The Kier molecular flexibility index (Phi) is 5.67. The van der Waals surface area contributed by atoms with Gasteiger partial charge < -0.3 is 10.2 Å². The predicted octanol–water partition coefficient (Wildman–Crippen LogP) is 3.84. The van der Waals surface area contributed by atoms with Crippen LogP contribution in [0, 0.1) is 5.92 Å². The first-order valence-electron chi connectivity index (χ1n) is 7.01. The van der Waals surface area contributed by atoms with E-state index in [9.17, 15) is 0 Å². The van der Waals surface area contributed by atoms with Gasteiger partial charge in [-0.25, -0.2) is 0 Å². The van der Waals surface area contributed by atoms with Crippen LogP contribution < -0.4 is 10.2 Å². The molecule has 0 saturated heterocycles. The molecule has 1 aromatic carbocycles. The number of nitrogens with zero attached hydrogens (tertiary/aromatic N) is 1. The molecule has 0 aliphatic heterocycles. The van der Waals surface area contributed by atoms with E-state index < -0.39 is 0 Å². The Bertz CT molecular complexity index is 339. The normalized spacial score (nSPS) is 14.6. The van der Waals surface area contributed by atoms with Crippen molar-refractivity contribution < 1.29 is 0 Å². The second-order valence-electron chi connectivity index (χ2n) is 5.44. The maximum Gasteiger partial charge on any atom is 0.0366 e. The number of anilines is 1. The first-order valence-corrected chi connectivity index (χ1v) is 7.01. The zero-order valence-corrected chi connectivity index (χ0v) is 12.7. The fourth-order valence-electron chi connectivity index (χ4n) is 2.23. The van der Waals surface area contributed by atoms with Crippen molar-refractivity contribution in [2.75, 3.05) is 19.0 Å². The van der Waals surface area contributed by atoms with E-state index in [1.165, 1.54) is 11.3 Å². The molecule has 0 aromatic heterocycles. The minimum atomic E-state index is 0.465. The third-order valence-electron chi connectivity index (χ3n) is 4.04. The molecule has 18 heavy (non-hydrogen) atoms. The number of nitrogens with one attached hydrogen (secondary N) is 1. The molecule has 0 aliphatic carbocycles. The summed E-state index contributed by atoms with van der Waals surface area (Å²) in [5, 5.41) is 3.34. The van der Waals surface area contributed by atoms with Crippen molar-refractivity contribution in [2.24, 2.45) is 5.92 Å². The molecule has 0 fully saturated rings. The van der Waals surface area contributed by atoms with Crippen molar-refractivity contribution in [2.45, 2.75) is 46.2 Å². The van der Waals surface area contributed by atoms with E-state index in [2.05, 4.69) is 69.2 Å². The summed E-state index contributed by atoms with van der Waals surface area (Å²) in [6, 6.07) is 9.96. The van der Waals surface area contributed by atoms with E-state index in [1.807, 2.05) is 7.05 Å². The van der Waals surface area contributed by atoms with Gasteiger partial charge in [-0.1, -0.05) is 32.9 Å². The molecule has 1 aromatic rings. The lowest BCUT2D eigenvalue weighted by atomic mass is 10.0. The van der Waals surface area contributed by atoms with Gasteiger partial charge in [0.05, 0.1) is 0 Å². The zero-order valence-electron chi connectivity index (χ0n) is 12.7. The molecule has 0 aliphatic rings. The van der Waals surface area contributed by atoms with Crippen molar-refractivity contribution >= 4 is 5.69 Å². The fraction of sp³-hybridized carbons (Fsp3) is 0.625. The minimum absolute atomic E-state index is 0.465. The lowest BCUT2D eigenvalue weighted by Gasteiger charge is -2.30. The molecule has 2 heteroatoms. The highest BCUT2D eigenvalue weighted by Crippen LogP contribution is 2.23. The van der Waals surface area contributed by atoms with Crippen molar-refractivity contribution in [3.8, 4) is 0 Å². The lowest BCUT2D eigenvalue weighted by molar-refractivity contribution is 0.505. The third-order valence-corrected chi connectivity index (χ3v) is 4.04. The minimum Gasteiger partial charge on any atom is -0.372 e. The van der Waals surface area contributed by atoms with Gasteiger partial charge in [0.25, 0.3) is 0 Å². The van der Waals surface area contributed by atoms with E-state index in [0.717, 1.165) is 6.42 Å². The van der Waals surface area contributed by atoms with E-state index in [-0.39, 0.29) is 0 Å². The molecule has 0 amide bonds. The number of hydrogen-bond donors (Lipinski definition) is 1. The smallest absolute Gasteiger partial charge is 0.0366 e. The van der Waals surface area contributed by atoms with Gasteiger partial charge in [-0.3, -0.25) is 0 Å². The Morgan fingerprint density at radius 2 is 1.67 bits per heavy atom. The fourth-order valence-corrected chi connectivity index (χ4v) is 2.23. The predicted molar refractivity (Wildman–Crippen MR) is 81.2 cm³/mol. The van der Waals surface area contributed by atoms with Gasteiger partial charge in [-0.15, -0.1) is 0 Å². The maximum absolute atomic E-state index is 3.34. The van der Waals surface area contributed by atoms with E-state index in [4.69, 9.17) is 0 Å². The highest BCUT2D eigenvalue weighted by atomic mass is 15.1. The van der Waals surface area contributed by atoms with Crippen LogP contribution in [0.2, 0.25) is 0 Å².